The Kier molecular flexibility index (Phi) is 12.4. The molecule has 0 unspecified atom stereocenters. The Morgan fingerprint density at radius 3 is 1.55 bits per heavy atom. The van der Waals surface area contributed by atoms with Gasteiger partial charge in [0.15, 0.2) is 0 Å². The summed E-state index contributed by atoms with van der Waals surface area (Å²) < 4.78 is 9.42. The Balaban J connectivity index is 0.000000240. The van der Waals surface area contributed by atoms with Crippen LogP contribution >= 0.6 is 0 Å². The highest BCUT2D eigenvalue weighted by molar-refractivity contribution is 5.88. The molecule has 44 heavy (non-hydrogen) atoms. The van der Waals surface area contributed by atoms with E-state index in [-0.39, 0.29) is 43.7 Å². The Morgan fingerprint density at radius 2 is 1.14 bits per heavy atom. The van der Waals surface area contributed by atoms with Crippen molar-refractivity contribution in [1.82, 2.24) is 9.80 Å². The highest BCUT2D eigenvalue weighted by Crippen LogP contribution is 2.23. The number of nitrogens with zero attached hydrogens (tertiary/aromatic N) is 2. The number of aliphatic hydroxyl groups excluding tert-OH is 2. The summed E-state index contributed by atoms with van der Waals surface area (Å²) in [7, 11) is 2.56. The van der Waals surface area contributed by atoms with Crippen LogP contribution in [0.1, 0.15) is 42.0 Å². The van der Waals surface area contributed by atoms with Gasteiger partial charge >= 0.3 is 11.9 Å². The molecule has 0 bridgehead atoms. The van der Waals surface area contributed by atoms with Crippen LogP contribution in [0.2, 0.25) is 0 Å². The maximum absolute atomic E-state index is 12.6. The molecule has 2 heterocycles. The first-order chi connectivity index (χ1) is 20.8. The normalized spacial score (nSPS) is 22.5. The molecule has 0 radical (unpaired) electrons. The predicted molar refractivity (Wildman–Crippen MR) is 163 cm³/mol. The number of nitrogens with two attached hydrogens (primary N) is 1. The molecule has 4 rings (SSSR count). The van der Waals surface area contributed by atoms with Crippen LogP contribution < -0.4 is 5.73 Å². The van der Waals surface area contributed by atoms with Crippen molar-refractivity contribution in [1.29, 1.82) is 0 Å². The van der Waals surface area contributed by atoms with Crippen LogP contribution in [0.3, 0.4) is 0 Å². The number of hydrogen-bond donors (Lipinski definition) is 3. The first-order valence-corrected chi connectivity index (χ1v) is 14.8. The molecule has 0 aliphatic carbocycles. The summed E-state index contributed by atoms with van der Waals surface area (Å²) in [6.45, 7) is 6.16. The lowest BCUT2D eigenvalue weighted by atomic mass is 9.98. The van der Waals surface area contributed by atoms with Gasteiger partial charge in [-0.05, 0) is 37.8 Å². The number of amides is 2. The molecule has 11 heteroatoms. The minimum atomic E-state index is -0.753. The Labute approximate surface area is 258 Å². The quantitative estimate of drug-likeness (QED) is 0.374. The number of methoxy groups -OCH3 is 2. The fraction of sp³-hybridized carbons (Fsp3) is 0.515. The van der Waals surface area contributed by atoms with Gasteiger partial charge in [-0.3, -0.25) is 9.59 Å². The number of ether oxygens (including phenoxy) is 2. The van der Waals surface area contributed by atoms with Crippen molar-refractivity contribution in [3.63, 3.8) is 0 Å². The van der Waals surface area contributed by atoms with Gasteiger partial charge in [0, 0.05) is 31.8 Å². The molecule has 11 nitrogen and oxygen atoms in total. The van der Waals surface area contributed by atoms with E-state index in [1.54, 1.807) is 0 Å². The largest absolute Gasteiger partial charge is 0.467 e. The third kappa shape index (κ3) is 9.10. The zero-order valence-electron chi connectivity index (χ0n) is 26.1. The van der Waals surface area contributed by atoms with E-state index >= 15 is 0 Å². The van der Waals surface area contributed by atoms with E-state index in [0.717, 1.165) is 16.7 Å². The number of benzene rings is 2. The predicted octanol–water partition coefficient (Wildman–Crippen LogP) is 1.31. The molecule has 6 atom stereocenters. The molecule has 0 saturated carbocycles. The van der Waals surface area contributed by atoms with Crippen molar-refractivity contribution in [3.05, 3.63) is 70.8 Å². The van der Waals surface area contributed by atoms with Crippen LogP contribution in [0.5, 0.6) is 0 Å². The summed E-state index contributed by atoms with van der Waals surface area (Å²) in [4.78, 5) is 51.3. The Hall–Kier alpha value is -3.80. The van der Waals surface area contributed by atoms with Gasteiger partial charge in [0.25, 0.3) is 0 Å². The first kappa shape index (κ1) is 34.7. The van der Waals surface area contributed by atoms with Crippen molar-refractivity contribution >= 4 is 23.8 Å². The molecule has 2 amide bonds. The second kappa shape index (κ2) is 15.8. The highest BCUT2D eigenvalue weighted by atomic mass is 16.5. The summed E-state index contributed by atoms with van der Waals surface area (Å²) in [6, 6.07) is 13.7. The molecule has 0 aromatic heterocycles. The van der Waals surface area contributed by atoms with Crippen molar-refractivity contribution in [3.8, 4) is 0 Å². The maximum atomic E-state index is 12.6. The highest BCUT2D eigenvalue weighted by Gasteiger charge is 2.42. The van der Waals surface area contributed by atoms with Crippen LogP contribution in [0.25, 0.3) is 0 Å². The van der Waals surface area contributed by atoms with Gasteiger partial charge in [-0.15, -0.1) is 0 Å². The van der Waals surface area contributed by atoms with Gasteiger partial charge in [0.2, 0.25) is 11.8 Å². The number of aliphatic hydroxyl groups is 2. The van der Waals surface area contributed by atoms with Crippen molar-refractivity contribution < 1.29 is 38.9 Å². The lowest BCUT2D eigenvalue weighted by Crippen LogP contribution is -2.49. The van der Waals surface area contributed by atoms with Gasteiger partial charge < -0.3 is 35.2 Å². The average Bonchev–Trinajstić information content (AvgIpc) is 3.60. The number of likely N-dealkylation sites (tertiary alicyclic amines) is 2. The topological polar surface area (TPSA) is 160 Å². The number of rotatable bonds is 8. The van der Waals surface area contributed by atoms with E-state index in [1.807, 2.05) is 69.3 Å². The summed E-state index contributed by atoms with van der Waals surface area (Å²) in [5, 5.41) is 19.5. The van der Waals surface area contributed by atoms with Crippen molar-refractivity contribution in [2.45, 2.75) is 76.8 Å². The van der Waals surface area contributed by atoms with E-state index in [2.05, 4.69) is 4.74 Å². The van der Waals surface area contributed by atoms with Gasteiger partial charge in [-0.2, -0.15) is 0 Å². The zero-order valence-corrected chi connectivity index (χ0v) is 26.1. The maximum Gasteiger partial charge on any atom is 0.328 e. The van der Waals surface area contributed by atoms with Crippen LogP contribution in [0, 0.1) is 19.8 Å². The van der Waals surface area contributed by atoms with Crippen LogP contribution in [-0.4, -0.2) is 101 Å². The molecular weight excluding hydrogens is 566 g/mol. The third-order valence-corrected chi connectivity index (χ3v) is 8.05. The third-order valence-electron chi connectivity index (χ3n) is 8.05. The van der Waals surface area contributed by atoms with Gasteiger partial charge in [0.05, 0.1) is 32.5 Å². The zero-order chi connectivity index (χ0) is 32.6. The number of β-amino-alcohol motifs (C(OH)–C–C–N with tert-alkyl or cyclic N) is 2. The summed E-state index contributed by atoms with van der Waals surface area (Å²) in [5.41, 5.74) is 10.3. The number of aryl methyl sites for hydroxylation is 2. The minimum absolute atomic E-state index is 0.111. The monoisotopic (exact) mass is 611 g/mol. The van der Waals surface area contributed by atoms with E-state index in [1.165, 1.54) is 29.6 Å². The Bertz CT molecular complexity index is 1180. The van der Waals surface area contributed by atoms with E-state index in [4.69, 9.17) is 10.5 Å². The van der Waals surface area contributed by atoms with Crippen molar-refractivity contribution in [2.24, 2.45) is 11.7 Å². The fourth-order valence-corrected chi connectivity index (χ4v) is 5.56. The molecule has 0 spiro atoms. The van der Waals surface area contributed by atoms with E-state index in [9.17, 15) is 29.4 Å². The van der Waals surface area contributed by atoms with E-state index < -0.39 is 42.3 Å². The molecule has 2 aromatic carbocycles. The summed E-state index contributed by atoms with van der Waals surface area (Å²) in [6.07, 6.45) is 0.0455. The first-order valence-electron chi connectivity index (χ1n) is 14.8. The molecule has 2 aliphatic rings. The van der Waals surface area contributed by atoms with Crippen molar-refractivity contribution in [2.75, 3.05) is 27.3 Å². The smallest absolute Gasteiger partial charge is 0.328 e. The lowest BCUT2D eigenvalue weighted by molar-refractivity contribution is -0.152. The van der Waals surface area contributed by atoms with Crippen LogP contribution in [0.15, 0.2) is 48.5 Å². The number of hydrogen-bond acceptors (Lipinski definition) is 9. The molecule has 2 aromatic rings. The fourth-order valence-electron chi connectivity index (χ4n) is 5.56. The van der Waals surface area contributed by atoms with Gasteiger partial charge in [-0.25, -0.2) is 9.59 Å². The standard InChI is InChI=1S/C17H23NO4.C16H22N2O4/c1-11-4-6-13(7-5-11)8-12(2)16(20)18-10-14(19)9-15(18)17(21)22-3;1-10-3-5-11(6-4-10)7-13(17)15(20)18-9-12(19)8-14(18)16(21)22-2/h4-7,12,14-15,19H,8-10H2,1-3H3;3-6,12-14,19H,7-9,17H2,1-2H3/t12-,14-,15+;12-,13-,14+/m11/s1. The summed E-state index contributed by atoms with van der Waals surface area (Å²) in [5.74, 6) is -1.69. The number of carbonyl (C=O) groups is 4. The number of carbonyl (C=O) groups excluding carboxylic acids is 4. The molecule has 2 fully saturated rings. The molecule has 2 aliphatic heterocycles. The van der Waals surface area contributed by atoms with Crippen LogP contribution in [0.4, 0.5) is 0 Å². The molecule has 240 valence electrons. The van der Waals surface area contributed by atoms with Gasteiger partial charge in [0.1, 0.15) is 12.1 Å². The SMILES string of the molecule is COC(=O)[C@@H]1C[C@@H](O)CN1C(=O)[C@H](C)Cc1ccc(C)cc1.COC(=O)[C@@H]1C[C@@H](O)CN1C(=O)[C@H](N)Cc1ccc(C)cc1. The average molecular weight is 612 g/mol. The second-order valence-corrected chi connectivity index (χ2v) is 11.7. The summed E-state index contributed by atoms with van der Waals surface area (Å²) >= 11 is 0. The van der Waals surface area contributed by atoms with E-state index in [0.29, 0.717) is 12.8 Å². The number of esters is 2. The molecule has 2 saturated heterocycles. The Morgan fingerprint density at radius 1 is 0.750 bits per heavy atom. The lowest BCUT2D eigenvalue weighted by Gasteiger charge is -2.25. The van der Waals surface area contributed by atoms with Crippen LogP contribution in [-0.2, 0) is 41.5 Å². The van der Waals surface area contributed by atoms with Gasteiger partial charge in [-0.1, -0.05) is 66.6 Å². The minimum Gasteiger partial charge on any atom is -0.467 e. The second-order valence-electron chi connectivity index (χ2n) is 11.7. The molecule has 4 N–H and O–H groups in total. The molecular formula is C33H45N3O8.